The second-order valence-electron chi connectivity index (χ2n) is 6.58. The number of aromatic nitrogens is 2. The average Bonchev–Trinajstić information content (AvgIpc) is 3.14. The number of ether oxygens (including phenoxy) is 1. The molecule has 4 N–H and O–H groups in total. The van der Waals surface area contributed by atoms with Crippen molar-refractivity contribution in [3.05, 3.63) is 59.7 Å². The molecule has 0 atom stereocenters. The largest absolute Gasteiger partial charge is 0.497 e. The molecule has 2 heterocycles. The van der Waals surface area contributed by atoms with E-state index < -0.39 is 0 Å². The number of nitrogens with zero attached hydrogens (tertiary/aromatic N) is 2. The highest BCUT2D eigenvalue weighted by Gasteiger charge is 2.17. The van der Waals surface area contributed by atoms with E-state index in [0.29, 0.717) is 22.9 Å². The molecule has 0 aliphatic rings. The third-order valence-corrected chi connectivity index (χ3v) is 5.91. The Morgan fingerprint density at radius 3 is 2.60 bits per heavy atom. The molecule has 4 rings (SSSR count). The van der Waals surface area contributed by atoms with E-state index in [0.717, 1.165) is 27.8 Å². The molecule has 7 nitrogen and oxygen atoms in total. The highest BCUT2D eigenvalue weighted by molar-refractivity contribution is 7.19. The summed E-state index contributed by atoms with van der Waals surface area (Å²) >= 11 is 1.63. The Kier molecular flexibility index (Phi) is 5.49. The number of carbonyl (C=O) groups excluding carboxylic acids is 1. The number of thiophene rings is 1. The van der Waals surface area contributed by atoms with E-state index in [4.69, 9.17) is 10.5 Å². The number of fused-ring (bicyclic) bond motifs is 1. The molecule has 2 aromatic heterocycles. The first-order valence-electron chi connectivity index (χ1n) is 9.43. The lowest BCUT2D eigenvalue weighted by Gasteiger charge is -2.10. The van der Waals surface area contributed by atoms with E-state index >= 15 is 0 Å². The lowest BCUT2D eigenvalue weighted by molar-refractivity contribution is 0.262. The Morgan fingerprint density at radius 1 is 1.10 bits per heavy atom. The number of carbonyl (C=O) groups is 1. The molecule has 0 aliphatic carbocycles. The summed E-state index contributed by atoms with van der Waals surface area (Å²) in [6.07, 6.45) is 2.37. The minimum atomic E-state index is -0.330. The SMILES string of the molecule is CCc1sc2ncnc(N)c2c1-c1ccc(NC(=O)Nc2cccc(OC)c2)cc1. The molecule has 0 radical (unpaired) electrons. The Hall–Kier alpha value is -3.65. The van der Waals surface area contributed by atoms with Gasteiger partial charge in [0.15, 0.2) is 0 Å². The Balaban J connectivity index is 1.55. The Bertz CT molecular complexity index is 1200. The molecule has 152 valence electrons. The van der Waals surface area contributed by atoms with Crippen LogP contribution in [0.15, 0.2) is 54.9 Å². The zero-order chi connectivity index (χ0) is 21.1. The van der Waals surface area contributed by atoms with Gasteiger partial charge in [0, 0.05) is 27.9 Å². The maximum Gasteiger partial charge on any atom is 0.323 e. The molecule has 2 aromatic carbocycles. The van der Waals surface area contributed by atoms with Crippen LogP contribution < -0.4 is 21.1 Å². The summed E-state index contributed by atoms with van der Waals surface area (Å²) in [6.45, 7) is 2.11. The minimum Gasteiger partial charge on any atom is -0.497 e. The molecule has 8 heteroatoms. The van der Waals surface area contributed by atoms with Crippen LogP contribution in [0.4, 0.5) is 22.0 Å². The van der Waals surface area contributed by atoms with Crippen LogP contribution in [0.25, 0.3) is 21.3 Å². The van der Waals surface area contributed by atoms with Crippen LogP contribution in [0.2, 0.25) is 0 Å². The van der Waals surface area contributed by atoms with Gasteiger partial charge in [0.2, 0.25) is 0 Å². The third kappa shape index (κ3) is 3.90. The highest BCUT2D eigenvalue weighted by atomic mass is 32.1. The quantitative estimate of drug-likeness (QED) is 0.415. The van der Waals surface area contributed by atoms with Crippen molar-refractivity contribution in [2.24, 2.45) is 0 Å². The van der Waals surface area contributed by atoms with Crippen molar-refractivity contribution in [2.45, 2.75) is 13.3 Å². The van der Waals surface area contributed by atoms with Crippen LogP contribution in [0.5, 0.6) is 5.75 Å². The van der Waals surface area contributed by atoms with Crippen molar-refractivity contribution >= 4 is 44.8 Å². The fourth-order valence-corrected chi connectivity index (χ4v) is 4.38. The number of urea groups is 1. The van der Waals surface area contributed by atoms with Gasteiger partial charge in [0.25, 0.3) is 0 Å². The Labute approximate surface area is 177 Å². The zero-order valence-corrected chi connectivity index (χ0v) is 17.4. The van der Waals surface area contributed by atoms with E-state index in [1.807, 2.05) is 36.4 Å². The van der Waals surface area contributed by atoms with Crippen LogP contribution in [-0.4, -0.2) is 23.1 Å². The lowest BCUT2D eigenvalue weighted by Crippen LogP contribution is -2.19. The molecule has 4 aromatic rings. The van der Waals surface area contributed by atoms with Gasteiger partial charge in [-0.15, -0.1) is 11.3 Å². The molecule has 0 fully saturated rings. The van der Waals surface area contributed by atoms with Crippen LogP contribution in [0.3, 0.4) is 0 Å². The first kappa shape index (κ1) is 19.7. The number of rotatable bonds is 5. The van der Waals surface area contributed by atoms with Crippen LogP contribution >= 0.6 is 11.3 Å². The number of aryl methyl sites for hydroxylation is 1. The molecule has 0 spiro atoms. The van der Waals surface area contributed by atoms with Crippen LogP contribution in [-0.2, 0) is 6.42 Å². The van der Waals surface area contributed by atoms with Gasteiger partial charge < -0.3 is 21.1 Å². The molecule has 0 unspecified atom stereocenters. The van der Waals surface area contributed by atoms with Gasteiger partial charge in [-0.05, 0) is 36.2 Å². The summed E-state index contributed by atoms with van der Waals surface area (Å²) in [7, 11) is 1.58. The molecular weight excluding hydrogens is 398 g/mol. The normalized spacial score (nSPS) is 10.7. The number of hydrogen-bond donors (Lipinski definition) is 3. The monoisotopic (exact) mass is 419 g/mol. The fourth-order valence-electron chi connectivity index (χ4n) is 3.27. The number of amides is 2. The van der Waals surface area contributed by atoms with Gasteiger partial charge in [0.1, 0.15) is 22.7 Å². The second kappa shape index (κ2) is 8.38. The van der Waals surface area contributed by atoms with E-state index in [-0.39, 0.29) is 6.03 Å². The summed E-state index contributed by atoms with van der Waals surface area (Å²) in [6, 6.07) is 14.5. The Morgan fingerprint density at radius 2 is 1.87 bits per heavy atom. The smallest absolute Gasteiger partial charge is 0.323 e. The average molecular weight is 420 g/mol. The maximum absolute atomic E-state index is 12.3. The van der Waals surface area contributed by atoms with Gasteiger partial charge in [0.05, 0.1) is 12.5 Å². The topological polar surface area (TPSA) is 102 Å². The van der Waals surface area contributed by atoms with Gasteiger partial charge in [-0.25, -0.2) is 14.8 Å². The third-order valence-electron chi connectivity index (χ3n) is 4.67. The number of anilines is 3. The molecule has 0 aliphatic heterocycles. The summed E-state index contributed by atoms with van der Waals surface area (Å²) in [5, 5.41) is 6.52. The minimum absolute atomic E-state index is 0.330. The summed E-state index contributed by atoms with van der Waals surface area (Å²) < 4.78 is 5.17. The zero-order valence-electron chi connectivity index (χ0n) is 16.6. The van der Waals surface area contributed by atoms with Gasteiger partial charge in [-0.3, -0.25) is 0 Å². The number of hydrogen-bond acceptors (Lipinski definition) is 6. The molecule has 0 bridgehead atoms. The molecule has 2 amide bonds. The van der Waals surface area contributed by atoms with Gasteiger partial charge >= 0.3 is 6.03 Å². The van der Waals surface area contributed by atoms with E-state index in [2.05, 4.69) is 27.5 Å². The predicted octanol–water partition coefficient (Wildman–Crippen LogP) is 5.16. The van der Waals surface area contributed by atoms with Crippen molar-refractivity contribution in [3.63, 3.8) is 0 Å². The van der Waals surface area contributed by atoms with Crippen molar-refractivity contribution in [3.8, 4) is 16.9 Å². The summed E-state index contributed by atoms with van der Waals surface area (Å²) in [4.78, 5) is 22.9. The number of nitrogens with one attached hydrogen (secondary N) is 2. The summed E-state index contributed by atoms with van der Waals surface area (Å²) in [5.41, 5.74) is 9.53. The highest BCUT2D eigenvalue weighted by Crippen LogP contribution is 2.40. The predicted molar refractivity (Wildman–Crippen MR) is 122 cm³/mol. The van der Waals surface area contributed by atoms with E-state index in [1.165, 1.54) is 11.2 Å². The first-order chi connectivity index (χ1) is 14.6. The van der Waals surface area contributed by atoms with Crippen molar-refractivity contribution in [1.29, 1.82) is 0 Å². The van der Waals surface area contributed by atoms with Crippen LogP contribution in [0.1, 0.15) is 11.8 Å². The molecule has 30 heavy (non-hydrogen) atoms. The maximum atomic E-state index is 12.3. The van der Waals surface area contributed by atoms with E-state index in [1.54, 1.807) is 30.6 Å². The molecular formula is C22H21N5O2S. The molecule has 0 saturated carbocycles. The van der Waals surface area contributed by atoms with Gasteiger partial charge in [-0.1, -0.05) is 25.1 Å². The van der Waals surface area contributed by atoms with Crippen molar-refractivity contribution in [1.82, 2.24) is 9.97 Å². The number of methoxy groups -OCH3 is 1. The summed E-state index contributed by atoms with van der Waals surface area (Å²) in [5.74, 6) is 1.15. The van der Waals surface area contributed by atoms with E-state index in [9.17, 15) is 4.79 Å². The standard InChI is InChI=1S/C22H21N5O2S/c1-3-17-18(19-20(23)24-12-25-21(19)30-17)13-7-9-14(10-8-13)26-22(28)27-15-5-4-6-16(11-15)29-2/h4-12H,3H2,1-2H3,(H2,23,24,25)(H2,26,27,28). The van der Waals surface area contributed by atoms with Crippen molar-refractivity contribution in [2.75, 3.05) is 23.5 Å². The lowest BCUT2D eigenvalue weighted by atomic mass is 10.0. The number of benzene rings is 2. The van der Waals surface area contributed by atoms with Crippen molar-refractivity contribution < 1.29 is 9.53 Å². The first-order valence-corrected chi connectivity index (χ1v) is 10.2. The van der Waals surface area contributed by atoms with Gasteiger partial charge in [-0.2, -0.15) is 0 Å². The fraction of sp³-hybridized carbons (Fsp3) is 0.136. The molecule has 0 saturated heterocycles. The number of nitrogens with two attached hydrogens (primary N) is 1. The second-order valence-corrected chi connectivity index (χ2v) is 7.66. The van der Waals surface area contributed by atoms with Crippen LogP contribution in [0, 0.1) is 0 Å². The number of nitrogen functional groups attached to an aromatic ring is 1.